The molecule has 0 atom stereocenters. The van der Waals surface area contributed by atoms with E-state index in [-0.39, 0.29) is 24.2 Å². The van der Waals surface area contributed by atoms with Crippen LogP contribution in [-0.2, 0) is 9.53 Å². The van der Waals surface area contributed by atoms with Crippen molar-refractivity contribution < 1.29 is 9.53 Å². The van der Waals surface area contributed by atoms with E-state index in [1.54, 1.807) is 0 Å². The second-order valence-corrected chi connectivity index (χ2v) is 6.51. The highest BCUT2D eigenvalue weighted by molar-refractivity contribution is 5.77. The lowest BCUT2D eigenvalue weighted by Gasteiger charge is -2.40. The molecule has 1 amide bonds. The van der Waals surface area contributed by atoms with Crippen molar-refractivity contribution in [1.29, 1.82) is 0 Å². The monoisotopic (exact) mass is 254 g/mol. The van der Waals surface area contributed by atoms with Crippen molar-refractivity contribution in [1.82, 2.24) is 10.2 Å². The number of ether oxygens (including phenoxy) is 1. The predicted molar refractivity (Wildman–Crippen MR) is 71.5 cm³/mol. The molecule has 4 heteroatoms. The number of amides is 1. The van der Waals surface area contributed by atoms with Crippen LogP contribution in [0, 0.1) is 0 Å². The van der Waals surface area contributed by atoms with E-state index in [0.29, 0.717) is 6.04 Å². The average molecular weight is 254 g/mol. The molecule has 18 heavy (non-hydrogen) atoms. The van der Waals surface area contributed by atoms with Gasteiger partial charge in [-0.1, -0.05) is 0 Å². The van der Waals surface area contributed by atoms with E-state index in [0.717, 1.165) is 38.8 Å². The van der Waals surface area contributed by atoms with Gasteiger partial charge >= 0.3 is 0 Å². The van der Waals surface area contributed by atoms with Crippen LogP contribution in [0.4, 0.5) is 0 Å². The number of carbonyl (C=O) groups excluding carboxylic acids is 1. The SMILES string of the molecule is CC(C)(C)N1CCC(OCC(=O)NC2CC2)CC1. The number of carbonyl (C=O) groups is 1. The molecule has 1 saturated heterocycles. The molecule has 0 aromatic rings. The molecule has 2 fully saturated rings. The summed E-state index contributed by atoms with van der Waals surface area (Å²) < 4.78 is 5.70. The summed E-state index contributed by atoms with van der Waals surface area (Å²) in [5, 5.41) is 2.95. The first-order chi connectivity index (χ1) is 8.45. The molecular formula is C14H26N2O2. The number of hydrogen-bond acceptors (Lipinski definition) is 3. The summed E-state index contributed by atoms with van der Waals surface area (Å²) in [6.07, 6.45) is 4.60. The van der Waals surface area contributed by atoms with E-state index in [1.807, 2.05) is 0 Å². The highest BCUT2D eigenvalue weighted by atomic mass is 16.5. The van der Waals surface area contributed by atoms with Crippen LogP contribution in [0.25, 0.3) is 0 Å². The molecule has 0 unspecified atom stereocenters. The zero-order valence-corrected chi connectivity index (χ0v) is 11.9. The summed E-state index contributed by atoms with van der Waals surface area (Å²) in [5.41, 5.74) is 0.244. The van der Waals surface area contributed by atoms with Crippen molar-refractivity contribution in [3.05, 3.63) is 0 Å². The molecule has 1 aliphatic carbocycles. The van der Waals surface area contributed by atoms with Crippen LogP contribution in [0.2, 0.25) is 0 Å². The Hall–Kier alpha value is -0.610. The first kappa shape index (κ1) is 13.8. The quantitative estimate of drug-likeness (QED) is 0.827. The number of nitrogens with one attached hydrogen (secondary N) is 1. The number of piperidine rings is 1. The summed E-state index contributed by atoms with van der Waals surface area (Å²) in [4.78, 5) is 14.0. The Morgan fingerprint density at radius 3 is 2.33 bits per heavy atom. The van der Waals surface area contributed by atoms with Gasteiger partial charge in [0, 0.05) is 24.7 Å². The molecule has 0 aromatic heterocycles. The maximum absolute atomic E-state index is 11.5. The normalized spacial score (nSPS) is 23.1. The van der Waals surface area contributed by atoms with Crippen molar-refractivity contribution >= 4 is 5.91 Å². The standard InChI is InChI=1S/C14H26N2O2/c1-14(2,3)16-8-6-12(7-9-16)18-10-13(17)15-11-4-5-11/h11-12H,4-10H2,1-3H3,(H,15,17). The van der Waals surface area contributed by atoms with Crippen molar-refractivity contribution in [3.63, 3.8) is 0 Å². The van der Waals surface area contributed by atoms with Crippen molar-refractivity contribution in [2.75, 3.05) is 19.7 Å². The molecule has 2 aliphatic rings. The average Bonchev–Trinajstić information content (AvgIpc) is 3.10. The van der Waals surface area contributed by atoms with Gasteiger partial charge in [0.1, 0.15) is 6.61 Å². The van der Waals surface area contributed by atoms with Gasteiger partial charge in [-0.2, -0.15) is 0 Å². The van der Waals surface area contributed by atoms with Crippen LogP contribution in [0.3, 0.4) is 0 Å². The van der Waals surface area contributed by atoms with Crippen molar-refractivity contribution in [3.8, 4) is 0 Å². The van der Waals surface area contributed by atoms with Gasteiger partial charge in [0.25, 0.3) is 0 Å². The number of likely N-dealkylation sites (tertiary alicyclic amines) is 1. The zero-order valence-electron chi connectivity index (χ0n) is 11.9. The lowest BCUT2D eigenvalue weighted by atomic mass is 9.99. The summed E-state index contributed by atoms with van der Waals surface area (Å²) in [7, 11) is 0. The smallest absolute Gasteiger partial charge is 0.246 e. The van der Waals surface area contributed by atoms with Crippen LogP contribution in [0.5, 0.6) is 0 Å². The van der Waals surface area contributed by atoms with Gasteiger partial charge in [0.05, 0.1) is 6.10 Å². The van der Waals surface area contributed by atoms with Crippen LogP contribution < -0.4 is 5.32 Å². The fourth-order valence-electron chi connectivity index (χ4n) is 2.38. The van der Waals surface area contributed by atoms with Gasteiger partial charge in [0.2, 0.25) is 5.91 Å². The van der Waals surface area contributed by atoms with Gasteiger partial charge in [-0.05, 0) is 46.5 Å². The van der Waals surface area contributed by atoms with Crippen LogP contribution in [0.15, 0.2) is 0 Å². The molecule has 1 aliphatic heterocycles. The number of hydrogen-bond donors (Lipinski definition) is 1. The van der Waals surface area contributed by atoms with Gasteiger partial charge in [-0.15, -0.1) is 0 Å². The largest absolute Gasteiger partial charge is 0.368 e. The Bertz CT molecular complexity index is 287. The predicted octanol–water partition coefficient (Wildman–Crippen LogP) is 1.54. The minimum Gasteiger partial charge on any atom is -0.368 e. The highest BCUT2D eigenvalue weighted by Crippen LogP contribution is 2.22. The topological polar surface area (TPSA) is 41.6 Å². The lowest BCUT2D eigenvalue weighted by molar-refractivity contribution is -0.129. The molecule has 4 nitrogen and oxygen atoms in total. The van der Waals surface area contributed by atoms with Crippen LogP contribution >= 0.6 is 0 Å². The second-order valence-electron chi connectivity index (χ2n) is 6.51. The Morgan fingerprint density at radius 1 is 1.22 bits per heavy atom. The van der Waals surface area contributed by atoms with E-state index in [1.165, 1.54) is 0 Å². The van der Waals surface area contributed by atoms with E-state index < -0.39 is 0 Å². The third kappa shape index (κ3) is 4.25. The molecule has 0 radical (unpaired) electrons. The maximum Gasteiger partial charge on any atom is 0.246 e. The van der Waals surface area contributed by atoms with Crippen molar-refractivity contribution in [2.24, 2.45) is 0 Å². The van der Waals surface area contributed by atoms with Gasteiger partial charge in [0.15, 0.2) is 0 Å². The van der Waals surface area contributed by atoms with Gasteiger partial charge < -0.3 is 10.1 Å². The van der Waals surface area contributed by atoms with E-state index >= 15 is 0 Å². The summed E-state index contributed by atoms with van der Waals surface area (Å²) in [5.74, 6) is 0.0516. The fourth-order valence-corrected chi connectivity index (χ4v) is 2.38. The first-order valence-corrected chi connectivity index (χ1v) is 7.11. The maximum atomic E-state index is 11.5. The third-order valence-corrected chi connectivity index (χ3v) is 3.78. The highest BCUT2D eigenvalue weighted by Gasteiger charge is 2.28. The molecule has 2 rings (SSSR count). The fraction of sp³-hybridized carbons (Fsp3) is 0.929. The molecule has 1 heterocycles. The minimum atomic E-state index is 0.0516. The Labute approximate surface area is 110 Å². The molecule has 1 saturated carbocycles. The molecule has 0 aromatic carbocycles. The van der Waals surface area contributed by atoms with Crippen LogP contribution in [-0.4, -0.2) is 48.2 Å². The number of nitrogens with zero attached hydrogens (tertiary/aromatic N) is 1. The Morgan fingerprint density at radius 2 is 1.83 bits per heavy atom. The zero-order chi connectivity index (χ0) is 13.2. The first-order valence-electron chi connectivity index (χ1n) is 7.11. The molecular weight excluding hydrogens is 228 g/mol. The van der Waals surface area contributed by atoms with Crippen molar-refractivity contribution in [2.45, 2.75) is 64.1 Å². The number of rotatable bonds is 4. The van der Waals surface area contributed by atoms with E-state index in [9.17, 15) is 4.79 Å². The Kier molecular flexibility index (Phi) is 4.28. The molecule has 0 bridgehead atoms. The molecule has 104 valence electrons. The van der Waals surface area contributed by atoms with Gasteiger partial charge in [-0.25, -0.2) is 0 Å². The van der Waals surface area contributed by atoms with E-state index in [4.69, 9.17) is 4.74 Å². The summed E-state index contributed by atoms with van der Waals surface area (Å²) in [6.45, 7) is 9.11. The lowest BCUT2D eigenvalue weighted by Crippen LogP contribution is -2.48. The Balaban J connectivity index is 1.62. The minimum absolute atomic E-state index is 0.0516. The molecule has 1 N–H and O–H groups in total. The summed E-state index contributed by atoms with van der Waals surface area (Å²) >= 11 is 0. The second kappa shape index (κ2) is 5.57. The summed E-state index contributed by atoms with van der Waals surface area (Å²) in [6, 6.07) is 0.434. The van der Waals surface area contributed by atoms with Crippen LogP contribution in [0.1, 0.15) is 46.5 Å². The van der Waals surface area contributed by atoms with Gasteiger partial charge in [-0.3, -0.25) is 9.69 Å². The van der Waals surface area contributed by atoms with E-state index in [2.05, 4.69) is 31.0 Å². The third-order valence-electron chi connectivity index (χ3n) is 3.78. The molecule has 0 spiro atoms.